The Bertz CT molecular complexity index is 305. The van der Waals surface area contributed by atoms with Crippen LogP contribution < -0.4 is 5.32 Å². The van der Waals surface area contributed by atoms with Crippen molar-refractivity contribution in [1.82, 2.24) is 15.1 Å². The summed E-state index contributed by atoms with van der Waals surface area (Å²) >= 11 is 0. The first-order valence-electron chi connectivity index (χ1n) is 7.59. The van der Waals surface area contributed by atoms with E-state index in [0.29, 0.717) is 12.1 Å². The van der Waals surface area contributed by atoms with Crippen molar-refractivity contribution < 1.29 is 9.90 Å². The van der Waals surface area contributed by atoms with E-state index in [0.717, 1.165) is 32.4 Å². The Kier molecular flexibility index (Phi) is 6.27. The molecule has 1 fully saturated rings. The van der Waals surface area contributed by atoms with Gasteiger partial charge in [-0.3, -0.25) is 0 Å². The van der Waals surface area contributed by atoms with Gasteiger partial charge in [-0.25, -0.2) is 4.79 Å². The average molecular weight is 285 g/mol. The topological polar surface area (TPSA) is 55.8 Å². The zero-order valence-corrected chi connectivity index (χ0v) is 13.6. The Morgan fingerprint density at radius 2 is 1.90 bits per heavy atom. The van der Waals surface area contributed by atoms with Crippen LogP contribution in [0.25, 0.3) is 0 Å². The number of nitrogens with zero attached hydrogens (tertiary/aromatic N) is 2. The second-order valence-electron chi connectivity index (χ2n) is 7.04. The summed E-state index contributed by atoms with van der Waals surface area (Å²) in [5, 5.41) is 12.9. The molecule has 1 heterocycles. The molecule has 0 bridgehead atoms. The lowest BCUT2D eigenvalue weighted by atomic mass is 9.84. The number of amides is 2. The van der Waals surface area contributed by atoms with Crippen molar-refractivity contribution in [2.45, 2.75) is 52.1 Å². The Morgan fingerprint density at radius 1 is 1.35 bits per heavy atom. The smallest absolute Gasteiger partial charge is 0.319 e. The van der Waals surface area contributed by atoms with Crippen LogP contribution >= 0.6 is 0 Å². The van der Waals surface area contributed by atoms with Crippen molar-refractivity contribution in [2.75, 3.05) is 33.8 Å². The summed E-state index contributed by atoms with van der Waals surface area (Å²) in [7, 11) is 3.59. The van der Waals surface area contributed by atoms with Gasteiger partial charge in [0.15, 0.2) is 0 Å². The van der Waals surface area contributed by atoms with Crippen LogP contribution in [0.4, 0.5) is 4.79 Å². The number of urea groups is 1. The fourth-order valence-electron chi connectivity index (χ4n) is 2.70. The van der Waals surface area contributed by atoms with E-state index in [4.69, 9.17) is 0 Å². The number of rotatable bonds is 4. The molecule has 1 aliphatic heterocycles. The lowest BCUT2D eigenvalue weighted by Gasteiger charge is -2.39. The molecule has 0 saturated carbocycles. The largest absolute Gasteiger partial charge is 0.396 e. The zero-order chi connectivity index (χ0) is 15.3. The predicted octanol–water partition coefficient (Wildman–Crippen LogP) is 1.52. The van der Waals surface area contributed by atoms with Gasteiger partial charge in [0.1, 0.15) is 0 Å². The normalized spacial score (nSPS) is 19.0. The third-order valence-corrected chi connectivity index (χ3v) is 4.05. The highest BCUT2D eigenvalue weighted by atomic mass is 16.3. The molecule has 0 aromatic carbocycles. The van der Waals surface area contributed by atoms with E-state index in [1.165, 1.54) is 0 Å². The number of hydrogen-bond acceptors (Lipinski definition) is 3. The van der Waals surface area contributed by atoms with Crippen LogP contribution in [0, 0.1) is 5.41 Å². The average Bonchev–Trinajstić information content (AvgIpc) is 2.37. The molecule has 1 rings (SSSR count). The summed E-state index contributed by atoms with van der Waals surface area (Å²) in [5.41, 5.74) is 0.138. The lowest BCUT2D eigenvalue weighted by Crippen LogP contribution is -2.52. The maximum absolute atomic E-state index is 11.9. The summed E-state index contributed by atoms with van der Waals surface area (Å²) < 4.78 is 0. The number of nitrogens with one attached hydrogen (secondary N) is 1. The molecule has 1 unspecified atom stereocenters. The first-order chi connectivity index (χ1) is 9.25. The van der Waals surface area contributed by atoms with Crippen LogP contribution in [0.1, 0.15) is 40.0 Å². The van der Waals surface area contributed by atoms with Gasteiger partial charge in [0.25, 0.3) is 0 Å². The van der Waals surface area contributed by atoms with Crippen LogP contribution in [-0.4, -0.2) is 66.8 Å². The molecular formula is C15H31N3O2. The highest BCUT2D eigenvalue weighted by Gasteiger charge is 2.29. The molecular weight excluding hydrogens is 254 g/mol. The van der Waals surface area contributed by atoms with Crippen molar-refractivity contribution in [2.24, 2.45) is 5.41 Å². The summed E-state index contributed by atoms with van der Waals surface area (Å²) in [5.74, 6) is 0. The van der Waals surface area contributed by atoms with Crippen molar-refractivity contribution in [1.29, 1.82) is 0 Å². The fourth-order valence-corrected chi connectivity index (χ4v) is 2.70. The molecule has 0 spiro atoms. The quantitative estimate of drug-likeness (QED) is 0.823. The third kappa shape index (κ3) is 4.94. The predicted molar refractivity (Wildman–Crippen MR) is 81.8 cm³/mol. The molecule has 2 amide bonds. The molecule has 0 radical (unpaired) electrons. The van der Waals surface area contributed by atoms with E-state index in [1.807, 2.05) is 4.90 Å². The fraction of sp³-hybridized carbons (Fsp3) is 0.933. The highest BCUT2D eigenvalue weighted by Crippen LogP contribution is 2.24. The van der Waals surface area contributed by atoms with Gasteiger partial charge in [-0.05, 0) is 24.7 Å². The van der Waals surface area contributed by atoms with Crippen molar-refractivity contribution >= 4 is 6.03 Å². The molecule has 20 heavy (non-hydrogen) atoms. The van der Waals surface area contributed by atoms with Crippen LogP contribution in [-0.2, 0) is 0 Å². The van der Waals surface area contributed by atoms with Gasteiger partial charge in [-0.1, -0.05) is 20.8 Å². The monoisotopic (exact) mass is 285 g/mol. The van der Waals surface area contributed by atoms with Crippen molar-refractivity contribution in [3.63, 3.8) is 0 Å². The van der Waals surface area contributed by atoms with Gasteiger partial charge < -0.3 is 20.2 Å². The molecule has 0 aromatic rings. The maximum Gasteiger partial charge on any atom is 0.319 e. The molecule has 5 heteroatoms. The number of aliphatic hydroxyl groups excluding tert-OH is 1. The van der Waals surface area contributed by atoms with Gasteiger partial charge in [-0.15, -0.1) is 0 Å². The third-order valence-electron chi connectivity index (χ3n) is 4.05. The number of piperidine rings is 1. The molecule has 5 nitrogen and oxygen atoms in total. The van der Waals surface area contributed by atoms with E-state index < -0.39 is 0 Å². The summed E-state index contributed by atoms with van der Waals surface area (Å²) in [6.07, 6.45) is 2.75. The van der Waals surface area contributed by atoms with Crippen molar-refractivity contribution in [3.05, 3.63) is 0 Å². The summed E-state index contributed by atoms with van der Waals surface area (Å²) in [6.45, 7) is 8.43. The standard InChI is InChI=1S/C15H31N3O2/c1-15(2,3)13(8-11-19)16-12-6-9-18(10-7-12)14(20)17(4)5/h12-13,16,19H,6-11H2,1-5H3. The van der Waals surface area contributed by atoms with Crippen molar-refractivity contribution in [3.8, 4) is 0 Å². The van der Waals surface area contributed by atoms with E-state index in [9.17, 15) is 9.90 Å². The molecule has 0 aromatic heterocycles. The maximum atomic E-state index is 11.9. The van der Waals surface area contributed by atoms with E-state index in [2.05, 4.69) is 26.1 Å². The van der Waals surface area contributed by atoms with E-state index >= 15 is 0 Å². The summed E-state index contributed by atoms with van der Waals surface area (Å²) in [6, 6.07) is 0.858. The number of carbonyl (C=O) groups is 1. The number of hydrogen-bond donors (Lipinski definition) is 2. The van der Waals surface area contributed by atoms with Crippen LogP contribution in [0.5, 0.6) is 0 Å². The van der Waals surface area contributed by atoms with Gasteiger partial charge in [0.05, 0.1) is 0 Å². The van der Waals surface area contributed by atoms with Crippen LogP contribution in [0.2, 0.25) is 0 Å². The summed E-state index contributed by atoms with van der Waals surface area (Å²) in [4.78, 5) is 15.4. The van der Waals surface area contributed by atoms with Gasteiger partial charge in [0.2, 0.25) is 0 Å². The first kappa shape index (κ1) is 17.2. The Morgan fingerprint density at radius 3 is 2.30 bits per heavy atom. The molecule has 2 N–H and O–H groups in total. The Hall–Kier alpha value is -0.810. The minimum atomic E-state index is 0.103. The van der Waals surface area contributed by atoms with Gasteiger partial charge in [0, 0.05) is 45.9 Å². The van der Waals surface area contributed by atoms with Crippen LogP contribution in [0.3, 0.4) is 0 Å². The van der Waals surface area contributed by atoms with E-state index in [-0.39, 0.29) is 18.1 Å². The molecule has 1 atom stereocenters. The lowest BCUT2D eigenvalue weighted by molar-refractivity contribution is 0.136. The molecule has 1 aliphatic rings. The Balaban J connectivity index is 2.47. The van der Waals surface area contributed by atoms with Gasteiger partial charge in [-0.2, -0.15) is 0 Å². The number of carbonyl (C=O) groups excluding carboxylic acids is 1. The van der Waals surface area contributed by atoms with Crippen LogP contribution in [0.15, 0.2) is 0 Å². The highest BCUT2D eigenvalue weighted by molar-refractivity contribution is 5.73. The molecule has 1 saturated heterocycles. The SMILES string of the molecule is CN(C)C(=O)N1CCC(NC(CCO)C(C)(C)C)CC1. The second kappa shape index (κ2) is 7.27. The number of aliphatic hydroxyl groups is 1. The second-order valence-corrected chi connectivity index (χ2v) is 7.04. The van der Waals surface area contributed by atoms with E-state index in [1.54, 1.807) is 19.0 Å². The molecule has 118 valence electrons. The minimum absolute atomic E-state index is 0.103. The molecule has 0 aliphatic carbocycles. The van der Waals surface area contributed by atoms with Gasteiger partial charge >= 0.3 is 6.03 Å². The Labute approximate surface area is 123 Å². The number of likely N-dealkylation sites (tertiary alicyclic amines) is 1. The zero-order valence-electron chi connectivity index (χ0n) is 13.6. The minimum Gasteiger partial charge on any atom is -0.396 e. The first-order valence-corrected chi connectivity index (χ1v) is 7.59.